The van der Waals surface area contributed by atoms with Crippen LogP contribution in [0.3, 0.4) is 0 Å². The van der Waals surface area contributed by atoms with E-state index in [2.05, 4.69) is 22.9 Å². The number of rotatable bonds is 5. The zero-order valence-electron chi connectivity index (χ0n) is 10.1. The summed E-state index contributed by atoms with van der Waals surface area (Å²) in [7, 11) is 0. The molecular weight excluding hydrogens is 270 g/mol. The van der Waals surface area contributed by atoms with Crippen molar-refractivity contribution in [2.24, 2.45) is 5.92 Å². The molecule has 0 N–H and O–H groups in total. The Morgan fingerprint density at radius 1 is 1.31 bits per heavy atom. The maximum Gasteiger partial charge on any atom is 0.409 e. The highest BCUT2D eigenvalue weighted by Crippen LogP contribution is 2.16. The fraction of sp³-hybridized carbons (Fsp3) is 0.917. The highest BCUT2D eigenvalue weighted by Gasteiger charge is 2.20. The summed E-state index contributed by atoms with van der Waals surface area (Å²) in [6.45, 7) is 4.53. The minimum absolute atomic E-state index is 0.120. The van der Waals surface area contributed by atoms with Crippen LogP contribution in [0.5, 0.6) is 0 Å². The Morgan fingerprint density at radius 3 is 2.62 bits per heavy atom. The molecule has 16 heavy (non-hydrogen) atoms. The molecule has 0 spiro atoms. The van der Waals surface area contributed by atoms with Gasteiger partial charge in [0.05, 0.1) is 6.61 Å². The van der Waals surface area contributed by atoms with Crippen molar-refractivity contribution in [1.29, 1.82) is 0 Å². The van der Waals surface area contributed by atoms with Crippen molar-refractivity contribution < 1.29 is 9.53 Å². The zero-order valence-corrected chi connectivity index (χ0v) is 11.7. The van der Waals surface area contributed by atoms with E-state index < -0.39 is 0 Å². The molecule has 4 heteroatoms. The number of hydrogen-bond donors (Lipinski definition) is 0. The van der Waals surface area contributed by atoms with E-state index in [-0.39, 0.29) is 6.09 Å². The van der Waals surface area contributed by atoms with Gasteiger partial charge in [0, 0.05) is 18.4 Å². The van der Waals surface area contributed by atoms with Crippen LogP contribution in [-0.2, 0) is 4.74 Å². The summed E-state index contributed by atoms with van der Waals surface area (Å²) < 4.78 is 5.23. The highest BCUT2D eigenvalue weighted by molar-refractivity contribution is 9.09. The Labute approximate surface area is 107 Å². The number of hydrogen-bond acceptors (Lipinski definition) is 2. The maximum atomic E-state index is 11.6. The quantitative estimate of drug-likeness (QED) is 0.574. The predicted molar refractivity (Wildman–Crippen MR) is 69.0 cm³/mol. The van der Waals surface area contributed by atoms with Gasteiger partial charge in [-0.25, -0.2) is 4.79 Å². The largest absolute Gasteiger partial charge is 0.449 e. The van der Waals surface area contributed by atoms with Gasteiger partial charge in [0.25, 0.3) is 0 Å². The topological polar surface area (TPSA) is 29.5 Å². The van der Waals surface area contributed by atoms with E-state index in [1.54, 1.807) is 0 Å². The molecule has 0 saturated carbocycles. The molecule has 0 aromatic heterocycles. The first-order chi connectivity index (χ1) is 7.74. The monoisotopic (exact) mass is 291 g/mol. The van der Waals surface area contributed by atoms with Crippen molar-refractivity contribution in [3.63, 3.8) is 0 Å². The van der Waals surface area contributed by atoms with E-state index in [9.17, 15) is 4.79 Å². The van der Waals surface area contributed by atoms with Gasteiger partial charge in [0.15, 0.2) is 0 Å². The summed E-state index contributed by atoms with van der Waals surface area (Å²) in [4.78, 5) is 13.5. The number of amides is 1. The van der Waals surface area contributed by atoms with Crippen LogP contribution in [0, 0.1) is 5.92 Å². The first kappa shape index (κ1) is 13.8. The Balaban J connectivity index is 2.06. The molecule has 1 aliphatic rings. The standard InChI is InChI=1S/C12H22BrNO2/c1-11-5-8-14(9-6-11)12(15)16-10-4-2-3-7-13/h11H,2-10H2,1H3. The third-order valence-electron chi connectivity index (χ3n) is 3.05. The van der Waals surface area contributed by atoms with Crippen LogP contribution in [0.4, 0.5) is 4.79 Å². The number of nitrogens with zero attached hydrogens (tertiary/aromatic N) is 1. The summed E-state index contributed by atoms with van der Waals surface area (Å²) in [6, 6.07) is 0. The van der Waals surface area contributed by atoms with Crippen molar-refractivity contribution in [3.05, 3.63) is 0 Å². The SMILES string of the molecule is CC1CCN(C(=O)OCCCCCBr)CC1. The molecule has 3 nitrogen and oxygen atoms in total. The molecule has 0 aliphatic carbocycles. The molecule has 1 rings (SSSR count). The molecule has 0 unspecified atom stereocenters. The number of ether oxygens (including phenoxy) is 1. The summed E-state index contributed by atoms with van der Waals surface area (Å²) in [5, 5.41) is 1.03. The number of carbonyl (C=O) groups excluding carboxylic acids is 1. The Hall–Kier alpha value is -0.250. The third-order valence-corrected chi connectivity index (χ3v) is 3.61. The van der Waals surface area contributed by atoms with E-state index in [1.807, 2.05) is 4.90 Å². The molecule has 0 bridgehead atoms. The van der Waals surface area contributed by atoms with Gasteiger partial charge in [-0.2, -0.15) is 0 Å². The fourth-order valence-corrected chi connectivity index (χ4v) is 2.21. The molecule has 1 amide bonds. The Bertz CT molecular complexity index is 203. The summed E-state index contributed by atoms with van der Waals surface area (Å²) >= 11 is 3.38. The van der Waals surface area contributed by atoms with Crippen LogP contribution in [0.25, 0.3) is 0 Å². The van der Waals surface area contributed by atoms with Crippen LogP contribution in [0.1, 0.15) is 39.0 Å². The van der Waals surface area contributed by atoms with Crippen molar-refractivity contribution >= 4 is 22.0 Å². The number of unbranched alkanes of at least 4 members (excludes halogenated alkanes) is 2. The van der Waals surface area contributed by atoms with Crippen LogP contribution < -0.4 is 0 Å². The van der Waals surface area contributed by atoms with E-state index >= 15 is 0 Å². The van der Waals surface area contributed by atoms with Crippen LogP contribution in [0.15, 0.2) is 0 Å². The average molecular weight is 292 g/mol. The number of halogens is 1. The van der Waals surface area contributed by atoms with Crippen LogP contribution >= 0.6 is 15.9 Å². The second-order valence-electron chi connectivity index (χ2n) is 4.53. The van der Waals surface area contributed by atoms with E-state index in [0.717, 1.165) is 56.4 Å². The first-order valence-electron chi connectivity index (χ1n) is 6.21. The number of piperidine rings is 1. The molecule has 1 aliphatic heterocycles. The molecular formula is C12H22BrNO2. The van der Waals surface area contributed by atoms with E-state index in [4.69, 9.17) is 4.74 Å². The molecule has 1 heterocycles. The van der Waals surface area contributed by atoms with Gasteiger partial charge in [0.1, 0.15) is 0 Å². The van der Waals surface area contributed by atoms with Crippen molar-refractivity contribution in [3.8, 4) is 0 Å². The van der Waals surface area contributed by atoms with Gasteiger partial charge in [0.2, 0.25) is 0 Å². The molecule has 0 atom stereocenters. The normalized spacial score (nSPS) is 17.5. The summed E-state index contributed by atoms with van der Waals surface area (Å²) in [6.07, 6.45) is 5.35. The van der Waals surface area contributed by atoms with Crippen LogP contribution in [-0.4, -0.2) is 36.0 Å². The maximum absolute atomic E-state index is 11.6. The van der Waals surface area contributed by atoms with Gasteiger partial charge >= 0.3 is 6.09 Å². The van der Waals surface area contributed by atoms with Gasteiger partial charge in [-0.1, -0.05) is 22.9 Å². The molecule has 0 radical (unpaired) electrons. The first-order valence-corrected chi connectivity index (χ1v) is 7.34. The van der Waals surface area contributed by atoms with Gasteiger partial charge in [-0.15, -0.1) is 0 Å². The van der Waals surface area contributed by atoms with Crippen molar-refractivity contribution in [2.75, 3.05) is 25.0 Å². The lowest BCUT2D eigenvalue weighted by atomic mass is 10.00. The minimum Gasteiger partial charge on any atom is -0.449 e. The van der Waals surface area contributed by atoms with Crippen LogP contribution in [0.2, 0.25) is 0 Å². The molecule has 1 fully saturated rings. The van der Waals surface area contributed by atoms with E-state index in [1.165, 1.54) is 0 Å². The van der Waals surface area contributed by atoms with Gasteiger partial charge in [-0.05, 0) is 38.0 Å². The predicted octanol–water partition coefficient (Wildman–Crippen LogP) is 3.42. The summed E-state index contributed by atoms with van der Waals surface area (Å²) in [5.74, 6) is 0.753. The molecule has 1 saturated heterocycles. The lowest BCUT2D eigenvalue weighted by Gasteiger charge is -2.29. The van der Waals surface area contributed by atoms with Gasteiger partial charge in [-0.3, -0.25) is 0 Å². The number of alkyl halides is 1. The lowest BCUT2D eigenvalue weighted by molar-refractivity contribution is 0.0878. The fourth-order valence-electron chi connectivity index (χ4n) is 1.82. The van der Waals surface area contributed by atoms with Crippen molar-refractivity contribution in [1.82, 2.24) is 4.90 Å². The third kappa shape index (κ3) is 5.19. The number of carbonyl (C=O) groups is 1. The minimum atomic E-state index is -0.120. The second-order valence-corrected chi connectivity index (χ2v) is 5.33. The van der Waals surface area contributed by atoms with E-state index in [0.29, 0.717) is 6.61 Å². The number of likely N-dealkylation sites (tertiary alicyclic amines) is 1. The second kappa shape index (κ2) is 7.93. The zero-order chi connectivity index (χ0) is 11.8. The smallest absolute Gasteiger partial charge is 0.409 e. The van der Waals surface area contributed by atoms with Gasteiger partial charge < -0.3 is 9.64 Å². The highest BCUT2D eigenvalue weighted by atomic mass is 79.9. The summed E-state index contributed by atoms with van der Waals surface area (Å²) in [5.41, 5.74) is 0. The molecule has 0 aromatic carbocycles. The molecule has 0 aromatic rings. The van der Waals surface area contributed by atoms with Crippen molar-refractivity contribution in [2.45, 2.75) is 39.0 Å². The lowest BCUT2D eigenvalue weighted by Crippen LogP contribution is -2.38. The molecule has 94 valence electrons. The average Bonchev–Trinajstić information content (AvgIpc) is 2.29. The Morgan fingerprint density at radius 2 is 2.00 bits per heavy atom. The Kier molecular flexibility index (Phi) is 6.85.